The third-order valence-electron chi connectivity index (χ3n) is 4.61. The van der Waals surface area contributed by atoms with E-state index in [2.05, 4.69) is 64.3 Å². The van der Waals surface area contributed by atoms with Crippen molar-refractivity contribution in [2.45, 2.75) is 13.3 Å². The van der Waals surface area contributed by atoms with Crippen LogP contribution in [0.15, 0.2) is 42.5 Å². The fraction of sp³-hybridized carbons (Fsp3) is 0.318. The number of nitrogens with one attached hydrogen (secondary N) is 2. The van der Waals surface area contributed by atoms with E-state index < -0.39 is 0 Å². The van der Waals surface area contributed by atoms with Gasteiger partial charge in [0.25, 0.3) is 0 Å². The first kappa shape index (κ1) is 17.4. The van der Waals surface area contributed by atoms with Crippen molar-refractivity contribution in [1.82, 2.24) is 9.97 Å². The Balaban J connectivity index is 1.50. The largest absolute Gasteiger partial charge is 0.385 e. The van der Waals surface area contributed by atoms with E-state index in [4.69, 9.17) is 9.72 Å². The molecule has 4 rings (SSSR count). The van der Waals surface area contributed by atoms with Crippen LogP contribution in [0.3, 0.4) is 0 Å². The lowest BCUT2D eigenvalue weighted by molar-refractivity contribution is 0.122. The van der Waals surface area contributed by atoms with Gasteiger partial charge in [0.05, 0.1) is 18.9 Å². The highest BCUT2D eigenvalue weighted by Gasteiger charge is 2.13. The molecule has 3 heterocycles. The number of hydrogen-bond donors (Lipinski definition) is 2. The van der Waals surface area contributed by atoms with Crippen LogP contribution in [-0.2, 0) is 4.74 Å². The average molecular weight is 360 g/mol. The monoisotopic (exact) mass is 360 g/mol. The average Bonchev–Trinajstić information content (AvgIpc) is 3.14. The summed E-state index contributed by atoms with van der Waals surface area (Å²) in [7, 11) is 0. The summed E-state index contributed by atoms with van der Waals surface area (Å²) in [6.45, 7) is 6.43. The zero-order chi connectivity index (χ0) is 18.5. The highest BCUT2D eigenvalue weighted by Crippen LogP contribution is 2.19. The Morgan fingerprint density at radius 1 is 1.11 bits per heavy atom. The minimum atomic E-state index is 0.758. The molecule has 0 spiro atoms. The van der Waals surface area contributed by atoms with Gasteiger partial charge in [0.2, 0.25) is 0 Å². The standard InChI is InChI=1S/C22H24N4O/c1-2-11-23-19-7-3-17(4-8-19)5-9-20-16-18-6-10-21(25-22(18)24-20)26-12-14-27-15-13-26/h3-4,6-8,10,16,23H,2,11-15H2,1H3,(H,24,25). The predicted octanol–water partition coefficient (Wildman–Crippen LogP) is 3.62. The van der Waals surface area contributed by atoms with Crippen molar-refractivity contribution in [3.05, 3.63) is 53.7 Å². The van der Waals surface area contributed by atoms with E-state index in [1.54, 1.807) is 0 Å². The fourth-order valence-corrected chi connectivity index (χ4v) is 3.11. The maximum atomic E-state index is 5.41. The first-order valence-electron chi connectivity index (χ1n) is 9.50. The summed E-state index contributed by atoms with van der Waals surface area (Å²) in [5, 5.41) is 4.45. The second-order valence-electron chi connectivity index (χ2n) is 6.64. The van der Waals surface area contributed by atoms with Gasteiger partial charge >= 0.3 is 0 Å². The smallest absolute Gasteiger partial charge is 0.140 e. The number of fused-ring (bicyclic) bond motifs is 1. The molecule has 3 aromatic rings. The Bertz CT molecular complexity index is 959. The number of rotatable bonds is 4. The molecule has 0 amide bonds. The van der Waals surface area contributed by atoms with Gasteiger partial charge in [0.15, 0.2) is 0 Å². The lowest BCUT2D eigenvalue weighted by atomic mass is 10.2. The molecule has 0 saturated carbocycles. The number of aromatic nitrogens is 2. The van der Waals surface area contributed by atoms with Crippen molar-refractivity contribution >= 4 is 22.5 Å². The van der Waals surface area contributed by atoms with E-state index in [1.165, 1.54) is 0 Å². The van der Waals surface area contributed by atoms with Gasteiger partial charge in [-0.15, -0.1) is 0 Å². The minimum absolute atomic E-state index is 0.758. The third-order valence-corrected chi connectivity index (χ3v) is 4.61. The number of anilines is 2. The van der Waals surface area contributed by atoms with Gasteiger partial charge in [-0.1, -0.05) is 12.8 Å². The molecule has 0 unspecified atom stereocenters. The second kappa shape index (κ2) is 8.15. The Labute approximate surface area is 159 Å². The molecule has 0 bridgehead atoms. The minimum Gasteiger partial charge on any atom is -0.385 e. The molecule has 1 aliphatic rings. The second-order valence-corrected chi connectivity index (χ2v) is 6.64. The summed E-state index contributed by atoms with van der Waals surface area (Å²) in [6, 6.07) is 14.5. The van der Waals surface area contributed by atoms with Gasteiger partial charge in [-0.3, -0.25) is 0 Å². The van der Waals surface area contributed by atoms with Crippen LogP contribution in [0.2, 0.25) is 0 Å². The van der Waals surface area contributed by atoms with Crippen LogP contribution in [-0.4, -0.2) is 42.8 Å². The van der Waals surface area contributed by atoms with Crippen LogP contribution >= 0.6 is 0 Å². The summed E-state index contributed by atoms with van der Waals surface area (Å²) in [5.41, 5.74) is 3.89. The molecule has 2 N–H and O–H groups in total. The number of hydrogen-bond acceptors (Lipinski definition) is 4. The Kier molecular flexibility index (Phi) is 5.27. The molecular formula is C22H24N4O. The molecule has 5 heteroatoms. The topological polar surface area (TPSA) is 53.2 Å². The quantitative estimate of drug-likeness (QED) is 0.698. The number of morpholine rings is 1. The molecule has 27 heavy (non-hydrogen) atoms. The highest BCUT2D eigenvalue weighted by atomic mass is 16.5. The zero-order valence-corrected chi connectivity index (χ0v) is 15.6. The number of ether oxygens (including phenoxy) is 1. The maximum Gasteiger partial charge on any atom is 0.140 e. The van der Waals surface area contributed by atoms with Crippen molar-refractivity contribution in [2.75, 3.05) is 43.1 Å². The van der Waals surface area contributed by atoms with Crippen LogP contribution in [0.4, 0.5) is 11.5 Å². The Morgan fingerprint density at radius 2 is 1.93 bits per heavy atom. The molecule has 1 fully saturated rings. The van der Waals surface area contributed by atoms with Gasteiger partial charge in [0, 0.05) is 36.3 Å². The van der Waals surface area contributed by atoms with E-state index >= 15 is 0 Å². The van der Waals surface area contributed by atoms with Gasteiger partial charge < -0.3 is 19.9 Å². The normalized spacial score (nSPS) is 14.0. The molecule has 2 aromatic heterocycles. The molecule has 0 atom stereocenters. The van der Waals surface area contributed by atoms with Crippen molar-refractivity contribution < 1.29 is 4.74 Å². The highest BCUT2D eigenvalue weighted by molar-refractivity contribution is 5.79. The van der Waals surface area contributed by atoms with Gasteiger partial charge in [-0.2, -0.15) is 0 Å². The number of nitrogens with zero attached hydrogens (tertiary/aromatic N) is 2. The van der Waals surface area contributed by atoms with Crippen molar-refractivity contribution in [1.29, 1.82) is 0 Å². The van der Waals surface area contributed by atoms with Crippen molar-refractivity contribution in [3.8, 4) is 11.8 Å². The number of H-pyrrole nitrogens is 1. The van der Waals surface area contributed by atoms with E-state index in [0.29, 0.717) is 0 Å². The summed E-state index contributed by atoms with van der Waals surface area (Å²) < 4.78 is 5.41. The maximum absolute atomic E-state index is 5.41. The van der Waals surface area contributed by atoms with Crippen LogP contribution in [0.5, 0.6) is 0 Å². The molecule has 5 nitrogen and oxygen atoms in total. The number of pyridine rings is 1. The zero-order valence-electron chi connectivity index (χ0n) is 15.6. The molecule has 1 aliphatic heterocycles. The van der Waals surface area contributed by atoms with E-state index in [9.17, 15) is 0 Å². The molecule has 1 aromatic carbocycles. The van der Waals surface area contributed by atoms with Crippen molar-refractivity contribution in [2.24, 2.45) is 0 Å². The van der Waals surface area contributed by atoms with Gasteiger partial charge in [-0.25, -0.2) is 4.98 Å². The summed E-state index contributed by atoms with van der Waals surface area (Å²) in [4.78, 5) is 10.3. The van der Waals surface area contributed by atoms with Crippen LogP contribution < -0.4 is 10.2 Å². The third kappa shape index (κ3) is 4.24. The Morgan fingerprint density at radius 3 is 2.70 bits per heavy atom. The Hall–Kier alpha value is -2.97. The molecule has 0 aliphatic carbocycles. The predicted molar refractivity (Wildman–Crippen MR) is 110 cm³/mol. The SMILES string of the molecule is CCCNc1ccc(C#Cc2cc3ccc(N4CCOCC4)nc3[nH]2)cc1. The van der Waals surface area contributed by atoms with E-state index in [1.807, 2.05) is 12.1 Å². The van der Waals surface area contributed by atoms with Gasteiger partial charge in [-0.05, 0) is 54.8 Å². The molecule has 1 saturated heterocycles. The summed E-state index contributed by atoms with van der Waals surface area (Å²) in [5.74, 6) is 7.42. The lowest BCUT2D eigenvalue weighted by Gasteiger charge is -2.27. The summed E-state index contributed by atoms with van der Waals surface area (Å²) >= 11 is 0. The summed E-state index contributed by atoms with van der Waals surface area (Å²) in [6.07, 6.45) is 1.11. The van der Waals surface area contributed by atoms with Crippen LogP contribution in [0.25, 0.3) is 11.0 Å². The molecule has 138 valence electrons. The van der Waals surface area contributed by atoms with Gasteiger partial charge in [0.1, 0.15) is 11.5 Å². The number of benzene rings is 1. The van der Waals surface area contributed by atoms with Crippen LogP contribution in [0, 0.1) is 11.8 Å². The number of aromatic amines is 1. The molecular weight excluding hydrogens is 336 g/mol. The van der Waals surface area contributed by atoms with Crippen molar-refractivity contribution in [3.63, 3.8) is 0 Å². The van der Waals surface area contributed by atoms with E-state index in [0.717, 1.165) is 73.1 Å². The first-order valence-corrected chi connectivity index (χ1v) is 9.50. The van der Waals surface area contributed by atoms with Crippen LogP contribution in [0.1, 0.15) is 24.6 Å². The fourth-order valence-electron chi connectivity index (χ4n) is 3.11. The lowest BCUT2D eigenvalue weighted by Crippen LogP contribution is -2.36. The first-order chi connectivity index (χ1) is 13.3. The molecule has 0 radical (unpaired) electrons. The van der Waals surface area contributed by atoms with E-state index in [-0.39, 0.29) is 0 Å².